The van der Waals surface area contributed by atoms with Gasteiger partial charge in [-0.15, -0.1) is 0 Å². The number of hydrogen-bond acceptors (Lipinski definition) is 0. The predicted octanol–water partition coefficient (Wildman–Crippen LogP) is 3.00. The van der Waals surface area contributed by atoms with Gasteiger partial charge >= 0.3 is 82.2 Å². The molecular weight excluding hydrogens is 388 g/mol. The van der Waals surface area contributed by atoms with Gasteiger partial charge in [0.15, 0.2) is 0 Å². The van der Waals surface area contributed by atoms with Gasteiger partial charge in [0.2, 0.25) is 0 Å². The fraction of sp³-hybridized carbons (Fsp3) is 1.00. The molecule has 0 heterocycles. The van der Waals surface area contributed by atoms with Gasteiger partial charge in [0.25, 0.3) is 0 Å². The molecule has 0 bridgehead atoms. The Labute approximate surface area is 113 Å². The van der Waals surface area contributed by atoms with Crippen molar-refractivity contribution in [2.24, 2.45) is 0 Å². The van der Waals surface area contributed by atoms with Crippen molar-refractivity contribution in [3.8, 4) is 0 Å². The molecule has 0 aromatic carbocycles. The van der Waals surface area contributed by atoms with Crippen LogP contribution in [0.3, 0.4) is 0 Å². The molecule has 0 saturated carbocycles. The molecule has 0 spiro atoms. The van der Waals surface area contributed by atoms with Gasteiger partial charge in [-0.25, -0.2) is 0 Å². The first-order valence-electron chi connectivity index (χ1n) is 3.99. The molecule has 0 aliphatic rings. The molecule has 0 nitrogen and oxygen atoms in total. The monoisotopic (exact) mass is 411 g/mol. The van der Waals surface area contributed by atoms with Crippen LogP contribution in [0.15, 0.2) is 0 Å². The third kappa shape index (κ3) is 40.7. The van der Waals surface area contributed by atoms with Crippen molar-refractivity contribution in [3.63, 3.8) is 0 Å². The summed E-state index contributed by atoms with van der Waals surface area (Å²) in [6.07, 6.45) is 5.29. The average molecular weight is 410 g/mol. The Bertz CT molecular complexity index is 33.5. The van der Waals surface area contributed by atoms with Gasteiger partial charge in [-0.3, -0.25) is 0 Å². The summed E-state index contributed by atoms with van der Waals surface area (Å²) in [4.78, 5) is 0. The second kappa shape index (κ2) is 29.3. The van der Waals surface area contributed by atoms with Gasteiger partial charge < -0.3 is 0 Å². The molecular formula is C9H22SbSe2-2. The van der Waals surface area contributed by atoms with Gasteiger partial charge in [0.05, 0.1) is 0 Å². The molecule has 0 N–H and O–H groups in total. The minimum Gasteiger partial charge on any atom is 0 e. The fourth-order valence-electron chi connectivity index (χ4n) is 0.289. The normalized spacial score (nSPS) is 7.00. The molecule has 0 saturated heterocycles. The third-order valence-corrected chi connectivity index (χ3v) is 2.21. The first-order valence-corrected chi connectivity index (χ1v) is 6.41. The minimum atomic E-state index is 0. The quantitative estimate of drug-likeness (QED) is 0.626. The topological polar surface area (TPSA) is 0 Å². The van der Waals surface area contributed by atoms with Crippen molar-refractivity contribution in [1.82, 2.24) is 0 Å². The van der Waals surface area contributed by atoms with E-state index in [2.05, 4.69) is 45.9 Å². The summed E-state index contributed by atoms with van der Waals surface area (Å²) >= 11 is 5.89. The van der Waals surface area contributed by atoms with Gasteiger partial charge in [0, 0.05) is 24.4 Å². The summed E-state index contributed by atoms with van der Waals surface area (Å²) in [6.45, 7) is 4.38. The van der Waals surface area contributed by atoms with Crippen LogP contribution in [0.4, 0.5) is 0 Å². The van der Waals surface area contributed by atoms with E-state index in [1.165, 1.54) is 36.3 Å². The predicted molar refractivity (Wildman–Crippen MR) is 63.4 cm³/mol. The van der Waals surface area contributed by atoms with E-state index in [1.54, 1.807) is 0 Å². The molecule has 0 amide bonds. The van der Waals surface area contributed by atoms with Gasteiger partial charge in [-0.2, -0.15) is 0 Å². The van der Waals surface area contributed by atoms with E-state index in [9.17, 15) is 0 Å². The number of rotatable bonds is 4. The van der Waals surface area contributed by atoms with Gasteiger partial charge in [0.1, 0.15) is 0 Å². The zero-order valence-electron chi connectivity index (χ0n) is 7.51. The smallest absolute Gasteiger partial charge is 0 e. The summed E-state index contributed by atoms with van der Waals surface area (Å²) in [6, 6.07) is 0. The molecule has 12 heavy (non-hydrogen) atoms. The Kier molecular flexibility index (Phi) is 57.5. The average Bonchev–Trinajstić information content (AvgIpc) is 1.93. The standard InChI is InChI=1S/2C4H10Se.CH4.Sb/c2*1-2-3-4-5;;/h2*5H,2-4H2,1H3;1H4;/p-2. The minimum absolute atomic E-state index is 0. The fourth-order valence-corrected chi connectivity index (χ4v) is 1.50. The van der Waals surface area contributed by atoms with Crippen LogP contribution in [0, 0.1) is 0 Å². The summed E-state index contributed by atoms with van der Waals surface area (Å²) < 4.78 is 0. The molecule has 0 unspecified atom stereocenters. The van der Waals surface area contributed by atoms with E-state index < -0.39 is 0 Å². The van der Waals surface area contributed by atoms with Crippen LogP contribution < -0.4 is 0 Å². The molecule has 0 aliphatic carbocycles. The van der Waals surface area contributed by atoms with Gasteiger partial charge in [-0.1, -0.05) is 7.43 Å². The third-order valence-electron chi connectivity index (χ3n) is 0.996. The molecule has 0 fully saturated rings. The summed E-state index contributed by atoms with van der Waals surface area (Å²) in [5, 5.41) is 2.44. The van der Waals surface area contributed by atoms with Crippen LogP contribution in [0.1, 0.15) is 47.0 Å². The van der Waals surface area contributed by atoms with E-state index >= 15 is 0 Å². The summed E-state index contributed by atoms with van der Waals surface area (Å²) in [5.41, 5.74) is 0. The second-order valence-electron chi connectivity index (χ2n) is 2.12. The van der Waals surface area contributed by atoms with Crippen LogP contribution in [0.25, 0.3) is 0 Å². The van der Waals surface area contributed by atoms with Crippen LogP contribution in [-0.4, -0.2) is 56.5 Å². The largest absolute Gasteiger partial charge is 0 e. The molecule has 0 aromatic heterocycles. The van der Waals surface area contributed by atoms with Crippen molar-refractivity contribution in [2.75, 3.05) is 0 Å². The Morgan fingerprint density at radius 2 is 1.08 bits per heavy atom. The molecule has 3 heteroatoms. The zero-order valence-corrected chi connectivity index (χ0v) is 13.5. The van der Waals surface area contributed by atoms with E-state index in [0.29, 0.717) is 0 Å². The van der Waals surface area contributed by atoms with E-state index in [0.717, 1.165) is 0 Å². The Morgan fingerprint density at radius 3 is 1.08 bits per heavy atom. The molecule has 77 valence electrons. The van der Waals surface area contributed by atoms with Crippen LogP contribution in [0.5, 0.6) is 0 Å². The van der Waals surface area contributed by atoms with E-state index in [4.69, 9.17) is 0 Å². The van der Waals surface area contributed by atoms with E-state index in [1.807, 2.05) is 0 Å². The first kappa shape index (κ1) is 23.6. The maximum atomic E-state index is 2.94. The first-order chi connectivity index (χ1) is 4.83. The Hall–Kier alpha value is 1.86. The van der Waals surface area contributed by atoms with Crippen LogP contribution in [-0.2, 0) is 0 Å². The van der Waals surface area contributed by atoms with Crippen molar-refractivity contribution in [1.29, 1.82) is 0 Å². The molecule has 0 aliphatic heterocycles. The van der Waals surface area contributed by atoms with Gasteiger partial charge in [-0.05, 0) is 0 Å². The van der Waals surface area contributed by atoms with Crippen LogP contribution >= 0.6 is 0 Å². The molecule has 0 rings (SSSR count). The zero-order chi connectivity index (χ0) is 8.24. The molecule has 0 aromatic rings. The van der Waals surface area contributed by atoms with E-state index in [-0.39, 0.29) is 31.9 Å². The maximum Gasteiger partial charge on any atom is 0 e. The molecule has 0 atom stereocenters. The van der Waals surface area contributed by atoms with Crippen LogP contribution in [0.2, 0.25) is 10.6 Å². The maximum absolute atomic E-state index is 2.94. The van der Waals surface area contributed by atoms with Crippen molar-refractivity contribution < 1.29 is 0 Å². The van der Waals surface area contributed by atoms with Crippen molar-refractivity contribution >= 4 is 56.5 Å². The number of hydrogen-bond donors (Lipinski definition) is 0. The second-order valence-corrected chi connectivity index (χ2v) is 3.83. The SMILES string of the molecule is C.CCCC[Se-].CCCC[Se-].[Sb]. The Balaban J connectivity index is -0.0000000457. The van der Waals surface area contributed by atoms with Crippen molar-refractivity contribution in [3.05, 3.63) is 0 Å². The Morgan fingerprint density at radius 1 is 0.833 bits per heavy atom. The van der Waals surface area contributed by atoms with Crippen molar-refractivity contribution in [2.45, 2.75) is 57.6 Å². The number of unbranched alkanes of at least 4 members (excludes halogenated alkanes) is 2. The molecule has 3 radical (unpaired) electrons. The summed E-state index contributed by atoms with van der Waals surface area (Å²) in [7, 11) is 0. The summed E-state index contributed by atoms with van der Waals surface area (Å²) in [5.74, 6) is 0.